The third kappa shape index (κ3) is 5.00. The molecule has 0 aliphatic heterocycles. The summed E-state index contributed by atoms with van der Waals surface area (Å²) in [6.07, 6.45) is -3.74. The molecule has 0 unspecified atom stereocenters. The fraction of sp³-hybridized carbons (Fsp3) is 0.300. The van der Waals surface area contributed by atoms with Crippen molar-refractivity contribution in [2.75, 3.05) is 6.54 Å². The fourth-order valence-electron chi connectivity index (χ4n) is 2.60. The van der Waals surface area contributed by atoms with Crippen LogP contribution in [0.5, 0.6) is 5.75 Å². The number of carbonyl (C=O) groups excluding carboxylic acids is 1. The van der Waals surface area contributed by atoms with E-state index in [0.29, 0.717) is 35.8 Å². The minimum absolute atomic E-state index is 0.315. The average molecular weight is 364 g/mol. The van der Waals surface area contributed by atoms with Crippen LogP contribution in [0.2, 0.25) is 0 Å². The van der Waals surface area contributed by atoms with E-state index in [0.717, 1.165) is 18.6 Å². The van der Waals surface area contributed by atoms with Crippen LogP contribution in [0.15, 0.2) is 48.5 Å². The van der Waals surface area contributed by atoms with Gasteiger partial charge in [-0.3, -0.25) is 0 Å². The summed E-state index contributed by atoms with van der Waals surface area (Å²) in [5.41, 5.74) is 0.341. The lowest BCUT2D eigenvalue weighted by molar-refractivity contribution is -0.137. The topological polar surface area (TPSA) is 38.3 Å². The Balaban J connectivity index is 2.35. The van der Waals surface area contributed by atoms with Crippen molar-refractivity contribution >= 4 is 6.09 Å². The number of carbonyl (C=O) groups is 1. The van der Waals surface area contributed by atoms with E-state index in [1.54, 1.807) is 30.3 Å². The monoisotopic (exact) mass is 364 g/mol. The van der Waals surface area contributed by atoms with Gasteiger partial charge in [-0.15, -0.1) is 0 Å². The van der Waals surface area contributed by atoms with Crippen molar-refractivity contribution in [3.63, 3.8) is 0 Å². The summed E-state index contributed by atoms with van der Waals surface area (Å²) in [6.45, 7) is 4.26. The van der Waals surface area contributed by atoms with Crippen LogP contribution in [0.25, 0.3) is 0 Å². The van der Waals surface area contributed by atoms with Crippen molar-refractivity contribution in [2.24, 2.45) is 0 Å². The first-order chi connectivity index (χ1) is 12.4. The van der Waals surface area contributed by atoms with Gasteiger partial charge in [0.2, 0.25) is 0 Å². The molecule has 0 atom stereocenters. The van der Waals surface area contributed by atoms with Crippen molar-refractivity contribution < 1.29 is 22.7 Å². The van der Waals surface area contributed by atoms with Gasteiger partial charge in [-0.2, -0.15) is 13.2 Å². The Hall–Kier alpha value is -2.50. The number of alkyl halides is 3. The molecule has 0 spiro atoms. The molecule has 1 radical (unpaired) electrons. The third-order valence-electron chi connectivity index (χ3n) is 3.83. The number of rotatable bonds is 6. The van der Waals surface area contributed by atoms with Gasteiger partial charge in [0.15, 0.2) is 0 Å². The molecule has 26 heavy (non-hydrogen) atoms. The van der Waals surface area contributed by atoms with Crippen molar-refractivity contribution in [3.05, 3.63) is 71.1 Å². The number of benzene rings is 2. The molecular weight excluding hydrogens is 343 g/mol. The molecule has 2 aromatic rings. The largest absolute Gasteiger partial charge is 0.416 e. The van der Waals surface area contributed by atoms with Gasteiger partial charge < -0.3 is 10.1 Å². The molecule has 2 rings (SSSR count). The van der Waals surface area contributed by atoms with Crippen LogP contribution >= 0.6 is 0 Å². The van der Waals surface area contributed by atoms with E-state index in [4.69, 9.17) is 4.74 Å². The van der Waals surface area contributed by atoms with E-state index in [1.165, 1.54) is 6.07 Å². The minimum atomic E-state index is -4.41. The van der Waals surface area contributed by atoms with Crippen LogP contribution < -0.4 is 10.1 Å². The summed E-state index contributed by atoms with van der Waals surface area (Å²) in [5, 5.41) is 2.61. The standard InChI is InChI=1S/C20H21F3NO2/c1-3-12-24-19(25)26-18-11-6-5-10-17(18)16(4-2)14-8-7-9-15(13-14)20(21,22)23/h5-11,13H,3-4,12H2,1-2H3,(H,24,25). The van der Waals surface area contributed by atoms with Crippen LogP contribution in [-0.2, 0) is 6.18 Å². The Kier molecular flexibility index (Phi) is 6.66. The Morgan fingerprint density at radius 1 is 1.08 bits per heavy atom. The fourth-order valence-corrected chi connectivity index (χ4v) is 2.60. The maximum absolute atomic E-state index is 13.0. The highest BCUT2D eigenvalue weighted by atomic mass is 19.4. The van der Waals surface area contributed by atoms with E-state index in [-0.39, 0.29) is 0 Å². The molecule has 0 bridgehead atoms. The van der Waals surface area contributed by atoms with Gasteiger partial charge in [0.1, 0.15) is 5.75 Å². The van der Waals surface area contributed by atoms with Gasteiger partial charge in [0.25, 0.3) is 0 Å². The van der Waals surface area contributed by atoms with Gasteiger partial charge in [0, 0.05) is 18.0 Å². The highest BCUT2D eigenvalue weighted by Gasteiger charge is 2.31. The molecule has 1 N–H and O–H groups in total. The molecule has 0 aliphatic carbocycles. The van der Waals surface area contributed by atoms with Crippen LogP contribution in [0.1, 0.15) is 43.4 Å². The molecular formula is C20H21F3NO2. The van der Waals surface area contributed by atoms with Crippen LogP contribution in [0.4, 0.5) is 18.0 Å². The number of ether oxygens (including phenoxy) is 1. The van der Waals surface area contributed by atoms with Crippen molar-refractivity contribution in [2.45, 2.75) is 32.9 Å². The summed E-state index contributed by atoms with van der Waals surface area (Å²) in [6, 6.07) is 12.0. The van der Waals surface area contributed by atoms with Crippen molar-refractivity contribution in [3.8, 4) is 5.75 Å². The second kappa shape index (κ2) is 8.74. The van der Waals surface area contributed by atoms with E-state index in [1.807, 2.05) is 13.8 Å². The van der Waals surface area contributed by atoms with Crippen LogP contribution in [0, 0.1) is 5.92 Å². The molecule has 2 aromatic carbocycles. The first kappa shape index (κ1) is 19.8. The van der Waals surface area contributed by atoms with Crippen LogP contribution in [0.3, 0.4) is 0 Å². The number of amides is 1. The lowest BCUT2D eigenvalue weighted by atomic mass is 9.87. The number of hydrogen-bond acceptors (Lipinski definition) is 2. The maximum Gasteiger partial charge on any atom is 0.416 e. The van der Waals surface area contributed by atoms with E-state index in [2.05, 4.69) is 5.32 Å². The Morgan fingerprint density at radius 3 is 2.46 bits per heavy atom. The SMILES string of the molecule is CCCNC(=O)Oc1ccccc1[C](CC)c1cccc(C(F)(F)F)c1. The predicted octanol–water partition coefficient (Wildman–Crippen LogP) is 5.58. The maximum atomic E-state index is 13.0. The van der Waals surface area contributed by atoms with E-state index >= 15 is 0 Å². The zero-order chi connectivity index (χ0) is 19.2. The highest BCUT2D eigenvalue weighted by molar-refractivity contribution is 5.71. The predicted molar refractivity (Wildman–Crippen MR) is 93.9 cm³/mol. The zero-order valence-electron chi connectivity index (χ0n) is 14.7. The number of para-hydroxylation sites is 1. The molecule has 3 nitrogen and oxygen atoms in total. The van der Waals surface area contributed by atoms with Gasteiger partial charge >= 0.3 is 12.3 Å². The Labute approximate surface area is 151 Å². The Morgan fingerprint density at radius 2 is 1.81 bits per heavy atom. The molecule has 0 fully saturated rings. The molecule has 0 saturated heterocycles. The first-order valence-electron chi connectivity index (χ1n) is 8.45. The van der Waals surface area contributed by atoms with Gasteiger partial charge in [-0.05, 0) is 30.5 Å². The van der Waals surface area contributed by atoms with Crippen LogP contribution in [-0.4, -0.2) is 12.6 Å². The summed E-state index contributed by atoms with van der Waals surface area (Å²) in [4.78, 5) is 11.9. The lowest BCUT2D eigenvalue weighted by Gasteiger charge is -2.20. The number of hydrogen-bond donors (Lipinski definition) is 1. The summed E-state index contributed by atoms with van der Waals surface area (Å²) < 4.78 is 44.4. The highest BCUT2D eigenvalue weighted by Crippen LogP contribution is 2.36. The lowest BCUT2D eigenvalue weighted by Crippen LogP contribution is -2.27. The molecule has 0 heterocycles. The molecule has 1 amide bonds. The minimum Gasteiger partial charge on any atom is -0.410 e. The van der Waals surface area contributed by atoms with E-state index < -0.39 is 17.8 Å². The Bertz CT molecular complexity index is 744. The smallest absolute Gasteiger partial charge is 0.410 e. The molecule has 0 aromatic heterocycles. The molecule has 0 aliphatic rings. The summed E-state index contributed by atoms with van der Waals surface area (Å²) in [7, 11) is 0. The summed E-state index contributed by atoms with van der Waals surface area (Å²) in [5.74, 6) is 0.991. The number of nitrogens with one attached hydrogen (secondary N) is 1. The number of halogens is 3. The normalized spacial score (nSPS) is 11.5. The second-order valence-corrected chi connectivity index (χ2v) is 5.72. The average Bonchev–Trinajstić information content (AvgIpc) is 2.61. The quantitative estimate of drug-likeness (QED) is 0.726. The zero-order valence-corrected chi connectivity index (χ0v) is 14.7. The van der Waals surface area contributed by atoms with Crippen molar-refractivity contribution in [1.29, 1.82) is 0 Å². The van der Waals surface area contributed by atoms with E-state index in [9.17, 15) is 18.0 Å². The first-order valence-corrected chi connectivity index (χ1v) is 8.45. The molecule has 0 saturated carbocycles. The van der Waals surface area contributed by atoms with Crippen molar-refractivity contribution in [1.82, 2.24) is 5.32 Å². The third-order valence-corrected chi connectivity index (χ3v) is 3.83. The summed E-state index contributed by atoms with van der Waals surface area (Å²) >= 11 is 0. The molecule has 139 valence electrons. The van der Waals surface area contributed by atoms with Gasteiger partial charge in [-0.1, -0.05) is 50.2 Å². The van der Waals surface area contributed by atoms with Gasteiger partial charge in [-0.25, -0.2) is 4.79 Å². The van der Waals surface area contributed by atoms with Gasteiger partial charge in [0.05, 0.1) is 5.56 Å². The second-order valence-electron chi connectivity index (χ2n) is 5.72. The molecule has 6 heteroatoms.